The van der Waals surface area contributed by atoms with Crippen molar-refractivity contribution in [2.45, 2.75) is 32.3 Å². The third-order valence-corrected chi connectivity index (χ3v) is 3.22. The van der Waals surface area contributed by atoms with Gasteiger partial charge in [-0.25, -0.2) is 9.78 Å². The first-order valence-corrected chi connectivity index (χ1v) is 7.58. The van der Waals surface area contributed by atoms with E-state index in [1.54, 1.807) is 13.8 Å². The lowest BCUT2D eigenvalue weighted by Gasteiger charge is -2.13. The van der Waals surface area contributed by atoms with Crippen molar-refractivity contribution in [1.29, 1.82) is 0 Å². The molecule has 0 amide bonds. The van der Waals surface area contributed by atoms with Crippen LogP contribution in [0, 0.1) is 0 Å². The molecule has 2 rings (SSSR count). The van der Waals surface area contributed by atoms with Gasteiger partial charge in [0.2, 0.25) is 0 Å². The molecular formula is C17H14F6N2O2. The van der Waals surface area contributed by atoms with Gasteiger partial charge in [-0.1, -0.05) is 0 Å². The van der Waals surface area contributed by atoms with E-state index in [4.69, 9.17) is 4.74 Å². The lowest BCUT2D eigenvalue weighted by Crippen LogP contribution is -2.11. The van der Waals surface area contributed by atoms with Crippen LogP contribution >= 0.6 is 0 Å². The Bertz CT molecular complexity index is 818. The van der Waals surface area contributed by atoms with Gasteiger partial charge in [0.25, 0.3) is 0 Å². The van der Waals surface area contributed by atoms with Gasteiger partial charge < -0.3 is 9.30 Å². The fourth-order valence-electron chi connectivity index (χ4n) is 2.09. The summed E-state index contributed by atoms with van der Waals surface area (Å²) in [5.41, 5.74) is -3.33. The zero-order valence-corrected chi connectivity index (χ0v) is 14.1. The quantitative estimate of drug-likeness (QED) is 0.417. The van der Waals surface area contributed by atoms with E-state index in [0.717, 1.165) is 12.4 Å². The average molecular weight is 392 g/mol. The van der Waals surface area contributed by atoms with Gasteiger partial charge in [0.1, 0.15) is 0 Å². The van der Waals surface area contributed by atoms with Crippen LogP contribution < -0.4 is 0 Å². The molecule has 0 aliphatic heterocycles. The predicted molar refractivity (Wildman–Crippen MR) is 84.2 cm³/mol. The Balaban J connectivity index is 2.37. The minimum atomic E-state index is -4.95. The van der Waals surface area contributed by atoms with Crippen LogP contribution in [0.4, 0.5) is 26.3 Å². The molecule has 0 N–H and O–H groups in total. The number of halogens is 6. The molecule has 0 aliphatic carbocycles. The van der Waals surface area contributed by atoms with E-state index in [9.17, 15) is 31.1 Å². The van der Waals surface area contributed by atoms with E-state index in [1.807, 2.05) is 0 Å². The smallest absolute Gasteiger partial charge is 0.416 e. The Labute approximate surface area is 150 Å². The fourth-order valence-corrected chi connectivity index (χ4v) is 2.09. The molecule has 1 heterocycles. The van der Waals surface area contributed by atoms with Gasteiger partial charge >= 0.3 is 18.3 Å². The summed E-state index contributed by atoms with van der Waals surface area (Å²) in [6, 6.07) is 1.21. The maximum atomic E-state index is 12.9. The summed E-state index contributed by atoms with van der Waals surface area (Å²) < 4.78 is 83.6. The molecular weight excluding hydrogens is 378 g/mol. The molecule has 1 aromatic heterocycles. The molecule has 10 heteroatoms. The number of carbonyl (C=O) groups excluding carboxylic acids is 1. The van der Waals surface area contributed by atoms with Gasteiger partial charge in [-0.3, -0.25) is 0 Å². The SMILES string of the molecule is CC(C)OC(=O)/C=C\n1cnc(-c2cc(C(F)(F)F)cc(C(F)(F)F)c2)c1. The van der Waals surface area contributed by atoms with Gasteiger partial charge in [-0.05, 0) is 32.0 Å². The van der Waals surface area contributed by atoms with Gasteiger partial charge in [0.15, 0.2) is 0 Å². The van der Waals surface area contributed by atoms with E-state index in [-0.39, 0.29) is 23.4 Å². The van der Waals surface area contributed by atoms with Crippen molar-refractivity contribution in [2.24, 2.45) is 0 Å². The largest absolute Gasteiger partial charge is 0.460 e. The molecule has 4 nitrogen and oxygen atoms in total. The lowest BCUT2D eigenvalue weighted by atomic mass is 10.0. The Kier molecular flexibility index (Phi) is 5.67. The third-order valence-electron chi connectivity index (χ3n) is 3.22. The second-order valence-electron chi connectivity index (χ2n) is 5.80. The van der Waals surface area contributed by atoms with E-state index in [0.29, 0.717) is 12.1 Å². The number of benzene rings is 1. The number of imidazole rings is 1. The molecule has 0 aliphatic rings. The Morgan fingerprint density at radius 2 is 1.63 bits per heavy atom. The molecule has 1 aromatic carbocycles. The number of aromatic nitrogens is 2. The summed E-state index contributed by atoms with van der Waals surface area (Å²) in [5, 5.41) is 0. The number of alkyl halides is 6. The van der Waals surface area contributed by atoms with Crippen molar-refractivity contribution in [1.82, 2.24) is 9.55 Å². The van der Waals surface area contributed by atoms with Crippen molar-refractivity contribution < 1.29 is 35.9 Å². The van der Waals surface area contributed by atoms with E-state index < -0.39 is 29.4 Å². The van der Waals surface area contributed by atoms with Crippen molar-refractivity contribution in [2.75, 3.05) is 0 Å². The number of hydrogen-bond donors (Lipinski definition) is 0. The Hall–Kier alpha value is -2.78. The predicted octanol–water partition coefficient (Wildman–Crippen LogP) is 5.01. The molecule has 27 heavy (non-hydrogen) atoms. The Morgan fingerprint density at radius 3 is 2.11 bits per heavy atom. The third kappa shape index (κ3) is 5.60. The molecule has 146 valence electrons. The molecule has 0 saturated heterocycles. The normalized spacial score (nSPS) is 12.8. The van der Waals surface area contributed by atoms with E-state index >= 15 is 0 Å². The molecule has 0 bridgehead atoms. The zero-order chi connectivity index (χ0) is 20.4. The highest BCUT2D eigenvalue weighted by atomic mass is 19.4. The summed E-state index contributed by atoms with van der Waals surface area (Å²) in [6.45, 7) is 3.29. The van der Waals surface area contributed by atoms with Gasteiger partial charge in [-0.15, -0.1) is 0 Å². The molecule has 0 saturated carbocycles. The highest BCUT2D eigenvalue weighted by Crippen LogP contribution is 2.38. The number of hydrogen-bond acceptors (Lipinski definition) is 3. The minimum absolute atomic E-state index is 0.0440. The molecule has 0 unspecified atom stereocenters. The number of ether oxygens (including phenoxy) is 1. The molecule has 0 spiro atoms. The van der Waals surface area contributed by atoms with Crippen LogP contribution in [0.3, 0.4) is 0 Å². The van der Waals surface area contributed by atoms with Crippen LogP contribution in [0.1, 0.15) is 25.0 Å². The molecule has 2 aromatic rings. The van der Waals surface area contributed by atoms with Crippen LogP contribution in [-0.2, 0) is 21.9 Å². The second kappa shape index (κ2) is 7.45. The summed E-state index contributed by atoms with van der Waals surface area (Å²) in [7, 11) is 0. The fraction of sp³-hybridized carbons (Fsp3) is 0.294. The second-order valence-corrected chi connectivity index (χ2v) is 5.80. The first-order valence-electron chi connectivity index (χ1n) is 7.58. The van der Waals surface area contributed by atoms with Gasteiger partial charge in [-0.2, -0.15) is 26.3 Å². The number of carbonyl (C=O) groups is 1. The minimum Gasteiger partial charge on any atom is -0.460 e. The molecule has 0 atom stereocenters. The lowest BCUT2D eigenvalue weighted by molar-refractivity contribution is -0.143. The first-order chi connectivity index (χ1) is 12.4. The highest BCUT2D eigenvalue weighted by Gasteiger charge is 2.37. The maximum absolute atomic E-state index is 12.9. The van der Waals surface area contributed by atoms with Crippen LogP contribution in [0.5, 0.6) is 0 Å². The monoisotopic (exact) mass is 392 g/mol. The van der Waals surface area contributed by atoms with Crippen LogP contribution in [0.25, 0.3) is 17.5 Å². The van der Waals surface area contributed by atoms with Crippen LogP contribution in [-0.4, -0.2) is 21.6 Å². The van der Waals surface area contributed by atoms with Crippen molar-refractivity contribution in [3.63, 3.8) is 0 Å². The Morgan fingerprint density at radius 1 is 1.07 bits per heavy atom. The number of rotatable bonds is 4. The summed E-state index contributed by atoms with van der Waals surface area (Å²) >= 11 is 0. The van der Waals surface area contributed by atoms with E-state index in [1.165, 1.54) is 17.0 Å². The molecule has 0 fully saturated rings. The number of esters is 1. The van der Waals surface area contributed by atoms with E-state index in [2.05, 4.69) is 4.98 Å². The van der Waals surface area contributed by atoms with Crippen LogP contribution in [0.15, 0.2) is 36.8 Å². The van der Waals surface area contributed by atoms with Crippen molar-refractivity contribution >= 4 is 12.2 Å². The standard InChI is InChI=1S/C17H14F6N2O2/c1-10(2)27-15(26)3-4-25-8-14(24-9-25)11-5-12(16(18,19)20)7-13(6-11)17(21,22)23/h3-10H,1-2H3/b4-3-. The van der Waals surface area contributed by atoms with Crippen molar-refractivity contribution in [3.8, 4) is 11.3 Å². The zero-order valence-electron chi connectivity index (χ0n) is 14.1. The topological polar surface area (TPSA) is 44.1 Å². The van der Waals surface area contributed by atoms with Gasteiger partial charge in [0, 0.05) is 24.0 Å². The summed E-state index contributed by atoms with van der Waals surface area (Å²) in [4.78, 5) is 15.2. The first kappa shape index (κ1) is 20.5. The average Bonchev–Trinajstić information content (AvgIpc) is 2.99. The highest BCUT2D eigenvalue weighted by molar-refractivity contribution is 5.85. The number of nitrogens with zero attached hydrogens (tertiary/aromatic N) is 2. The van der Waals surface area contributed by atoms with Crippen molar-refractivity contribution in [3.05, 3.63) is 47.9 Å². The van der Waals surface area contributed by atoms with Gasteiger partial charge in [0.05, 0.1) is 29.3 Å². The molecule has 0 radical (unpaired) electrons. The summed E-state index contributed by atoms with van der Waals surface area (Å²) in [6.07, 6.45) is -5.63. The maximum Gasteiger partial charge on any atom is 0.416 e. The van der Waals surface area contributed by atoms with Crippen LogP contribution in [0.2, 0.25) is 0 Å². The summed E-state index contributed by atoms with van der Waals surface area (Å²) in [5.74, 6) is -0.654.